The lowest BCUT2D eigenvalue weighted by molar-refractivity contribution is -0.0498. The van der Waals surface area contributed by atoms with Crippen molar-refractivity contribution >= 4 is 27.4 Å². The molecule has 0 saturated heterocycles. The highest BCUT2D eigenvalue weighted by molar-refractivity contribution is 7.16. The lowest BCUT2D eigenvalue weighted by Crippen LogP contribution is -2.04. The molecule has 1 aromatic carbocycles. The molecular weight excluding hydrogens is 296 g/mol. The molecule has 0 aliphatic heterocycles. The van der Waals surface area contributed by atoms with Crippen LogP contribution in [0.5, 0.6) is 5.75 Å². The second-order valence-corrected chi connectivity index (χ2v) is 5.14. The first-order chi connectivity index (χ1) is 10.2. The molecule has 3 aromatic rings. The van der Waals surface area contributed by atoms with Crippen molar-refractivity contribution in [1.82, 2.24) is 9.97 Å². The predicted molar refractivity (Wildman–Crippen MR) is 77.8 cm³/mol. The van der Waals surface area contributed by atoms with E-state index in [4.69, 9.17) is 0 Å². The lowest BCUT2D eigenvalue weighted by atomic mass is 10.2. The Hall–Kier alpha value is -2.28. The number of anilines is 1. The van der Waals surface area contributed by atoms with E-state index in [2.05, 4.69) is 20.0 Å². The summed E-state index contributed by atoms with van der Waals surface area (Å²) in [5, 5.41) is 6.08. The summed E-state index contributed by atoms with van der Waals surface area (Å²) >= 11 is 1.54. The molecule has 0 saturated carbocycles. The van der Waals surface area contributed by atoms with E-state index < -0.39 is 6.61 Å². The van der Waals surface area contributed by atoms with Gasteiger partial charge in [0, 0.05) is 6.54 Å². The van der Waals surface area contributed by atoms with Crippen LogP contribution in [0, 0.1) is 0 Å². The third kappa shape index (κ3) is 3.25. The largest absolute Gasteiger partial charge is 0.435 e. The molecule has 4 nitrogen and oxygen atoms in total. The second kappa shape index (κ2) is 6.01. The van der Waals surface area contributed by atoms with Crippen LogP contribution in [0.2, 0.25) is 0 Å². The summed E-state index contributed by atoms with van der Waals surface area (Å²) in [6, 6.07) is 8.52. The summed E-state index contributed by atoms with van der Waals surface area (Å²) in [6.07, 6.45) is 1.50. The summed E-state index contributed by atoms with van der Waals surface area (Å²) in [5.41, 5.74) is 0.829. The van der Waals surface area contributed by atoms with E-state index in [1.54, 1.807) is 12.1 Å². The summed E-state index contributed by atoms with van der Waals surface area (Å²) in [6.45, 7) is -2.36. The Labute approximate surface area is 123 Å². The van der Waals surface area contributed by atoms with Gasteiger partial charge in [-0.2, -0.15) is 8.78 Å². The Morgan fingerprint density at radius 1 is 1.24 bits per heavy atom. The highest BCUT2D eigenvalue weighted by atomic mass is 32.1. The molecule has 108 valence electrons. The van der Waals surface area contributed by atoms with Gasteiger partial charge in [0.2, 0.25) is 0 Å². The number of rotatable bonds is 5. The molecule has 0 atom stereocenters. The van der Waals surface area contributed by atoms with Gasteiger partial charge in [0.25, 0.3) is 0 Å². The number of benzene rings is 1. The first-order valence-corrected chi connectivity index (χ1v) is 7.06. The summed E-state index contributed by atoms with van der Waals surface area (Å²) < 4.78 is 28.8. The topological polar surface area (TPSA) is 47.0 Å². The van der Waals surface area contributed by atoms with Gasteiger partial charge in [-0.05, 0) is 29.1 Å². The maximum absolute atomic E-state index is 12.2. The minimum atomic E-state index is -2.82. The maximum Gasteiger partial charge on any atom is 0.387 e. The fourth-order valence-corrected chi connectivity index (χ4v) is 2.68. The van der Waals surface area contributed by atoms with Crippen molar-refractivity contribution in [2.75, 3.05) is 5.32 Å². The molecule has 3 rings (SSSR count). The molecule has 0 fully saturated rings. The van der Waals surface area contributed by atoms with Crippen LogP contribution in [0.15, 0.2) is 42.0 Å². The van der Waals surface area contributed by atoms with Gasteiger partial charge in [0.15, 0.2) is 0 Å². The van der Waals surface area contributed by atoms with Gasteiger partial charge >= 0.3 is 6.61 Å². The fraction of sp³-hybridized carbons (Fsp3) is 0.143. The zero-order chi connectivity index (χ0) is 14.7. The zero-order valence-corrected chi connectivity index (χ0v) is 11.6. The van der Waals surface area contributed by atoms with Crippen LogP contribution < -0.4 is 10.1 Å². The van der Waals surface area contributed by atoms with Crippen molar-refractivity contribution in [2.45, 2.75) is 13.2 Å². The molecule has 0 aliphatic rings. The Morgan fingerprint density at radius 2 is 2.14 bits per heavy atom. The number of aromatic nitrogens is 2. The van der Waals surface area contributed by atoms with Crippen LogP contribution in [-0.4, -0.2) is 16.6 Å². The van der Waals surface area contributed by atoms with E-state index in [0.717, 1.165) is 21.6 Å². The van der Waals surface area contributed by atoms with Gasteiger partial charge in [-0.3, -0.25) is 0 Å². The standard InChI is InChI=1S/C14H11F2N3OS/c15-14(16)20-10-3-1-2-9(6-10)7-17-12-11-4-5-21-13(11)19-8-18-12/h1-6,8,14H,7H2,(H,17,18,19). The summed E-state index contributed by atoms with van der Waals surface area (Å²) in [7, 11) is 0. The van der Waals surface area contributed by atoms with Crippen molar-refractivity contribution in [2.24, 2.45) is 0 Å². The molecule has 0 unspecified atom stereocenters. The number of fused-ring (bicyclic) bond motifs is 1. The van der Waals surface area contributed by atoms with Crippen LogP contribution in [-0.2, 0) is 6.54 Å². The molecule has 21 heavy (non-hydrogen) atoms. The first kappa shape index (κ1) is 13.7. The van der Waals surface area contributed by atoms with Gasteiger partial charge in [-0.1, -0.05) is 12.1 Å². The van der Waals surface area contributed by atoms with Crippen molar-refractivity contribution in [1.29, 1.82) is 0 Å². The van der Waals surface area contributed by atoms with Crippen molar-refractivity contribution < 1.29 is 13.5 Å². The quantitative estimate of drug-likeness (QED) is 0.776. The van der Waals surface area contributed by atoms with Gasteiger partial charge in [-0.25, -0.2) is 9.97 Å². The Kier molecular flexibility index (Phi) is 3.92. The Balaban J connectivity index is 1.74. The maximum atomic E-state index is 12.2. The monoisotopic (exact) mass is 307 g/mol. The minimum Gasteiger partial charge on any atom is -0.435 e. The van der Waals surface area contributed by atoms with Gasteiger partial charge in [-0.15, -0.1) is 11.3 Å². The van der Waals surface area contributed by atoms with Crippen molar-refractivity contribution in [3.8, 4) is 5.75 Å². The van der Waals surface area contributed by atoms with E-state index in [1.165, 1.54) is 23.7 Å². The molecule has 0 spiro atoms. The van der Waals surface area contributed by atoms with E-state index in [-0.39, 0.29) is 5.75 Å². The van der Waals surface area contributed by atoms with Crippen LogP contribution in [0.1, 0.15) is 5.56 Å². The molecule has 0 aliphatic carbocycles. The molecule has 0 radical (unpaired) electrons. The van der Waals surface area contributed by atoms with Gasteiger partial charge in [0.1, 0.15) is 22.7 Å². The lowest BCUT2D eigenvalue weighted by Gasteiger charge is -2.09. The van der Waals surface area contributed by atoms with Crippen LogP contribution >= 0.6 is 11.3 Å². The number of alkyl halides is 2. The van der Waals surface area contributed by atoms with Crippen LogP contribution in [0.3, 0.4) is 0 Å². The highest BCUT2D eigenvalue weighted by Crippen LogP contribution is 2.24. The van der Waals surface area contributed by atoms with Crippen LogP contribution in [0.4, 0.5) is 14.6 Å². The second-order valence-electron chi connectivity index (χ2n) is 4.24. The van der Waals surface area contributed by atoms with Crippen molar-refractivity contribution in [3.63, 3.8) is 0 Å². The number of hydrogen-bond acceptors (Lipinski definition) is 5. The smallest absolute Gasteiger partial charge is 0.387 e. The van der Waals surface area contributed by atoms with Crippen molar-refractivity contribution in [3.05, 3.63) is 47.6 Å². The zero-order valence-electron chi connectivity index (χ0n) is 10.8. The fourth-order valence-electron chi connectivity index (χ4n) is 1.95. The average molecular weight is 307 g/mol. The minimum absolute atomic E-state index is 0.146. The number of hydrogen-bond donors (Lipinski definition) is 1. The number of thiophene rings is 1. The van der Waals surface area contributed by atoms with Gasteiger partial charge < -0.3 is 10.1 Å². The first-order valence-electron chi connectivity index (χ1n) is 6.18. The average Bonchev–Trinajstić information content (AvgIpc) is 2.93. The van der Waals surface area contributed by atoms with E-state index in [9.17, 15) is 8.78 Å². The number of halogens is 2. The van der Waals surface area contributed by atoms with E-state index in [1.807, 2.05) is 17.5 Å². The Morgan fingerprint density at radius 3 is 3.00 bits per heavy atom. The molecule has 2 aromatic heterocycles. The third-order valence-corrected chi connectivity index (χ3v) is 3.67. The third-order valence-electron chi connectivity index (χ3n) is 2.85. The highest BCUT2D eigenvalue weighted by Gasteiger charge is 2.06. The van der Waals surface area contributed by atoms with E-state index >= 15 is 0 Å². The molecule has 0 bridgehead atoms. The molecule has 2 heterocycles. The van der Waals surface area contributed by atoms with Crippen LogP contribution in [0.25, 0.3) is 10.2 Å². The van der Waals surface area contributed by atoms with E-state index in [0.29, 0.717) is 6.54 Å². The molecule has 1 N–H and O–H groups in total. The SMILES string of the molecule is FC(F)Oc1cccc(CNc2ncnc3sccc23)c1. The Bertz CT molecular complexity index is 748. The predicted octanol–water partition coefficient (Wildman–Crippen LogP) is 3.90. The number of nitrogens with one attached hydrogen (secondary N) is 1. The summed E-state index contributed by atoms with van der Waals surface area (Å²) in [5.74, 6) is 0.870. The normalized spacial score (nSPS) is 11.0. The molecule has 7 heteroatoms. The summed E-state index contributed by atoms with van der Waals surface area (Å²) in [4.78, 5) is 9.27. The number of ether oxygens (including phenoxy) is 1. The molecular formula is C14H11F2N3OS. The van der Waals surface area contributed by atoms with Gasteiger partial charge in [0.05, 0.1) is 5.39 Å². The molecule has 0 amide bonds. The number of nitrogens with zero attached hydrogens (tertiary/aromatic N) is 2.